The van der Waals surface area contributed by atoms with Gasteiger partial charge in [-0.1, -0.05) is 12.8 Å². The molecule has 0 aromatic heterocycles. The summed E-state index contributed by atoms with van der Waals surface area (Å²) in [6.45, 7) is 8.73. The molecule has 1 N–H and O–H groups in total. The van der Waals surface area contributed by atoms with Crippen LogP contribution in [0.2, 0.25) is 0 Å². The number of hydrogen-bond acceptors (Lipinski definition) is 3. The molecular formula is C15H29NO2. The van der Waals surface area contributed by atoms with Gasteiger partial charge in [0.15, 0.2) is 0 Å². The Morgan fingerprint density at radius 2 is 1.78 bits per heavy atom. The minimum absolute atomic E-state index is 0.0571. The van der Waals surface area contributed by atoms with E-state index in [9.17, 15) is 0 Å². The summed E-state index contributed by atoms with van der Waals surface area (Å²) in [4.78, 5) is 0. The van der Waals surface area contributed by atoms with E-state index in [2.05, 4.69) is 26.1 Å². The van der Waals surface area contributed by atoms with E-state index in [4.69, 9.17) is 9.47 Å². The molecule has 2 saturated carbocycles. The van der Waals surface area contributed by atoms with E-state index >= 15 is 0 Å². The summed E-state index contributed by atoms with van der Waals surface area (Å²) in [6.07, 6.45) is 7.75. The average molecular weight is 255 g/mol. The zero-order chi connectivity index (χ0) is 13.1. The maximum Gasteiger partial charge on any atom is 0.0807 e. The van der Waals surface area contributed by atoms with Gasteiger partial charge in [-0.25, -0.2) is 0 Å². The molecule has 0 radical (unpaired) electrons. The van der Waals surface area contributed by atoms with Crippen molar-refractivity contribution in [1.29, 1.82) is 0 Å². The first-order valence-corrected chi connectivity index (χ1v) is 7.50. The lowest BCUT2D eigenvalue weighted by molar-refractivity contribution is -0.0888. The molecule has 2 aliphatic carbocycles. The van der Waals surface area contributed by atoms with Gasteiger partial charge in [-0.2, -0.15) is 0 Å². The predicted molar refractivity (Wildman–Crippen MR) is 73.9 cm³/mol. The van der Waals surface area contributed by atoms with Gasteiger partial charge in [0, 0.05) is 12.6 Å². The van der Waals surface area contributed by atoms with Crippen LogP contribution in [0, 0.1) is 0 Å². The van der Waals surface area contributed by atoms with Crippen LogP contribution in [-0.4, -0.2) is 37.0 Å². The summed E-state index contributed by atoms with van der Waals surface area (Å²) in [5.41, 5.74) is 0.0439. The topological polar surface area (TPSA) is 30.5 Å². The summed E-state index contributed by atoms with van der Waals surface area (Å²) in [5.74, 6) is 0. The van der Waals surface area contributed by atoms with E-state index in [1.807, 2.05) is 0 Å². The Kier molecular flexibility index (Phi) is 4.68. The number of hydrogen-bond donors (Lipinski definition) is 1. The molecule has 0 aromatic carbocycles. The van der Waals surface area contributed by atoms with Crippen molar-refractivity contribution >= 4 is 0 Å². The monoisotopic (exact) mass is 255 g/mol. The van der Waals surface area contributed by atoms with Gasteiger partial charge >= 0.3 is 0 Å². The molecule has 3 heteroatoms. The molecule has 0 bridgehead atoms. The fourth-order valence-electron chi connectivity index (χ4n) is 2.62. The minimum atomic E-state index is -0.0571. The van der Waals surface area contributed by atoms with E-state index in [0.717, 1.165) is 19.2 Å². The Morgan fingerprint density at radius 3 is 2.33 bits per heavy atom. The van der Waals surface area contributed by atoms with Crippen LogP contribution in [0.15, 0.2) is 0 Å². The Balaban J connectivity index is 1.68. The molecular weight excluding hydrogens is 226 g/mol. The van der Waals surface area contributed by atoms with Gasteiger partial charge in [0.2, 0.25) is 0 Å². The van der Waals surface area contributed by atoms with Crippen molar-refractivity contribution in [2.45, 2.75) is 76.5 Å². The third-order valence-corrected chi connectivity index (χ3v) is 3.83. The number of ether oxygens (including phenoxy) is 2. The molecule has 0 amide bonds. The molecule has 2 rings (SSSR count). The lowest BCUT2D eigenvalue weighted by Crippen LogP contribution is -2.42. The van der Waals surface area contributed by atoms with E-state index in [1.165, 1.54) is 38.5 Å². The second kappa shape index (κ2) is 5.89. The molecule has 2 fully saturated rings. The third-order valence-electron chi connectivity index (χ3n) is 3.83. The molecule has 0 aliphatic heterocycles. The molecule has 0 atom stereocenters. The fraction of sp³-hybridized carbons (Fsp3) is 1.00. The Labute approximate surface area is 112 Å². The molecule has 0 spiro atoms. The Hall–Kier alpha value is -0.120. The van der Waals surface area contributed by atoms with Crippen molar-refractivity contribution in [3.05, 3.63) is 0 Å². The lowest BCUT2D eigenvalue weighted by atomic mass is 10.0. The number of nitrogens with one attached hydrogen (secondary N) is 1. The SMILES string of the molecule is CC(C)(C)OCCOC1(CNC2CC2)CCCC1. The van der Waals surface area contributed by atoms with Gasteiger partial charge in [-0.15, -0.1) is 0 Å². The molecule has 0 unspecified atom stereocenters. The maximum atomic E-state index is 6.18. The molecule has 0 heterocycles. The molecule has 18 heavy (non-hydrogen) atoms. The predicted octanol–water partition coefficient (Wildman–Crippen LogP) is 2.88. The molecule has 0 saturated heterocycles. The number of rotatable bonds is 7. The second-order valence-electron chi connectivity index (χ2n) is 6.85. The summed E-state index contributed by atoms with van der Waals surface area (Å²) < 4.78 is 11.9. The van der Waals surface area contributed by atoms with Gasteiger partial charge in [0.25, 0.3) is 0 Å². The molecule has 2 aliphatic rings. The van der Waals surface area contributed by atoms with Crippen molar-refractivity contribution in [3.63, 3.8) is 0 Å². The summed E-state index contributed by atoms with van der Waals surface area (Å²) in [7, 11) is 0. The van der Waals surface area contributed by atoms with Gasteiger partial charge in [-0.3, -0.25) is 0 Å². The highest BCUT2D eigenvalue weighted by Gasteiger charge is 2.36. The van der Waals surface area contributed by atoms with Crippen molar-refractivity contribution in [3.8, 4) is 0 Å². The summed E-state index contributed by atoms with van der Waals surface area (Å²) in [5, 5.41) is 3.63. The molecule has 0 aromatic rings. The minimum Gasteiger partial charge on any atom is -0.373 e. The second-order valence-corrected chi connectivity index (χ2v) is 6.85. The van der Waals surface area contributed by atoms with Crippen molar-refractivity contribution in [2.24, 2.45) is 0 Å². The van der Waals surface area contributed by atoms with Crippen LogP contribution >= 0.6 is 0 Å². The first-order chi connectivity index (χ1) is 8.49. The normalized spacial score (nSPS) is 23.5. The average Bonchev–Trinajstić information content (AvgIpc) is 3.01. The van der Waals surface area contributed by atoms with Crippen molar-refractivity contribution in [1.82, 2.24) is 5.32 Å². The quantitative estimate of drug-likeness (QED) is 0.710. The smallest absolute Gasteiger partial charge is 0.0807 e. The van der Waals surface area contributed by atoms with E-state index in [0.29, 0.717) is 6.61 Å². The zero-order valence-electron chi connectivity index (χ0n) is 12.3. The lowest BCUT2D eigenvalue weighted by Gasteiger charge is -2.30. The highest BCUT2D eigenvalue weighted by Crippen LogP contribution is 2.33. The van der Waals surface area contributed by atoms with Gasteiger partial charge in [0.05, 0.1) is 24.4 Å². The van der Waals surface area contributed by atoms with E-state index < -0.39 is 0 Å². The Bertz CT molecular complexity index is 250. The fourth-order valence-corrected chi connectivity index (χ4v) is 2.62. The van der Waals surface area contributed by atoms with Crippen molar-refractivity contribution < 1.29 is 9.47 Å². The first kappa shape index (κ1) is 14.3. The zero-order valence-corrected chi connectivity index (χ0v) is 12.3. The van der Waals surface area contributed by atoms with Crippen LogP contribution in [0.25, 0.3) is 0 Å². The van der Waals surface area contributed by atoms with Crippen LogP contribution in [0.1, 0.15) is 59.3 Å². The van der Waals surface area contributed by atoms with Gasteiger partial charge in [-0.05, 0) is 46.5 Å². The Morgan fingerprint density at radius 1 is 1.11 bits per heavy atom. The van der Waals surface area contributed by atoms with Gasteiger partial charge < -0.3 is 14.8 Å². The summed E-state index contributed by atoms with van der Waals surface area (Å²) in [6, 6.07) is 0.775. The summed E-state index contributed by atoms with van der Waals surface area (Å²) >= 11 is 0. The van der Waals surface area contributed by atoms with Crippen LogP contribution in [0.4, 0.5) is 0 Å². The largest absolute Gasteiger partial charge is 0.373 e. The van der Waals surface area contributed by atoms with Crippen LogP contribution in [0.3, 0.4) is 0 Å². The highest BCUT2D eigenvalue weighted by molar-refractivity contribution is 4.92. The first-order valence-electron chi connectivity index (χ1n) is 7.50. The van der Waals surface area contributed by atoms with Crippen LogP contribution in [0.5, 0.6) is 0 Å². The maximum absolute atomic E-state index is 6.18. The third kappa shape index (κ3) is 4.87. The van der Waals surface area contributed by atoms with E-state index in [-0.39, 0.29) is 11.2 Å². The van der Waals surface area contributed by atoms with E-state index in [1.54, 1.807) is 0 Å². The molecule has 106 valence electrons. The van der Waals surface area contributed by atoms with Crippen LogP contribution in [-0.2, 0) is 9.47 Å². The standard InChI is InChI=1S/C15H29NO2/c1-14(2,3)17-10-11-18-15(8-4-5-9-15)12-16-13-6-7-13/h13,16H,4-12H2,1-3H3. The van der Waals surface area contributed by atoms with Crippen LogP contribution < -0.4 is 5.32 Å². The van der Waals surface area contributed by atoms with Crippen molar-refractivity contribution in [2.75, 3.05) is 19.8 Å². The van der Waals surface area contributed by atoms with Gasteiger partial charge in [0.1, 0.15) is 0 Å². The highest BCUT2D eigenvalue weighted by atomic mass is 16.5. The molecule has 3 nitrogen and oxygen atoms in total.